The van der Waals surface area contributed by atoms with E-state index in [4.69, 9.17) is 0 Å². The highest BCUT2D eigenvalue weighted by molar-refractivity contribution is 7.98. The van der Waals surface area contributed by atoms with E-state index in [2.05, 4.69) is 6.58 Å². The van der Waals surface area contributed by atoms with Gasteiger partial charge in [0.25, 0.3) is 5.67 Å². The van der Waals surface area contributed by atoms with E-state index in [-0.39, 0.29) is 11.6 Å². The maximum absolute atomic E-state index is 13.8. The van der Waals surface area contributed by atoms with Crippen molar-refractivity contribution in [1.82, 2.24) is 0 Å². The highest BCUT2D eigenvalue weighted by atomic mass is 32.2. The third kappa shape index (κ3) is 2.70. The van der Waals surface area contributed by atoms with Crippen LogP contribution in [-0.4, -0.2) is 23.2 Å². The van der Waals surface area contributed by atoms with Gasteiger partial charge in [0.1, 0.15) is 6.10 Å². The van der Waals surface area contributed by atoms with E-state index in [0.29, 0.717) is 0 Å². The second-order valence-corrected chi connectivity index (χ2v) is 4.53. The van der Waals surface area contributed by atoms with Crippen LogP contribution in [0.1, 0.15) is 11.7 Å². The normalized spacial score (nSPS) is 17.0. The number of aliphatic hydroxyl groups excluding tert-OH is 1. The number of hydrogen-bond acceptors (Lipinski definition) is 2. The zero-order valence-corrected chi connectivity index (χ0v) is 10.4. The van der Waals surface area contributed by atoms with E-state index in [1.807, 2.05) is 0 Å². The Morgan fingerprint density at radius 1 is 1.22 bits per heavy atom. The van der Waals surface area contributed by atoms with Crippen LogP contribution in [0.4, 0.5) is 17.6 Å². The maximum atomic E-state index is 13.8. The van der Waals surface area contributed by atoms with Gasteiger partial charge < -0.3 is 5.11 Å². The number of halogens is 4. The van der Waals surface area contributed by atoms with Crippen molar-refractivity contribution in [2.75, 3.05) is 6.26 Å². The molecule has 6 heteroatoms. The molecule has 0 bridgehead atoms. The molecule has 1 nitrogen and oxygen atoms in total. The van der Waals surface area contributed by atoms with Gasteiger partial charge in [-0.3, -0.25) is 0 Å². The predicted molar refractivity (Wildman–Crippen MR) is 63.3 cm³/mol. The van der Waals surface area contributed by atoms with Gasteiger partial charge in [-0.05, 0) is 30.0 Å². The fraction of sp³-hybridized carbons (Fsp3) is 0.333. The van der Waals surface area contributed by atoms with Crippen molar-refractivity contribution in [2.24, 2.45) is 0 Å². The fourth-order valence-corrected chi connectivity index (χ4v) is 1.82. The molecule has 2 atom stereocenters. The third-order valence-corrected chi connectivity index (χ3v) is 3.30. The molecule has 1 rings (SSSR count). The summed E-state index contributed by atoms with van der Waals surface area (Å²) in [6, 6.07) is 5.56. The van der Waals surface area contributed by atoms with Crippen LogP contribution in [0.5, 0.6) is 0 Å². The van der Waals surface area contributed by atoms with Gasteiger partial charge >= 0.3 is 6.18 Å². The zero-order valence-electron chi connectivity index (χ0n) is 9.54. The number of hydrogen-bond donors (Lipinski definition) is 1. The summed E-state index contributed by atoms with van der Waals surface area (Å²) in [7, 11) is 0. The summed E-state index contributed by atoms with van der Waals surface area (Å²) >= 11 is 1.39. The molecule has 0 saturated heterocycles. The smallest absolute Gasteiger partial charge is 0.384 e. The average molecular weight is 280 g/mol. The first-order valence-corrected chi connectivity index (χ1v) is 6.20. The van der Waals surface area contributed by atoms with Gasteiger partial charge in [-0.15, -0.1) is 11.8 Å². The molecule has 100 valence electrons. The van der Waals surface area contributed by atoms with Crippen LogP contribution < -0.4 is 0 Å². The first-order chi connectivity index (χ1) is 8.26. The Kier molecular flexibility index (Phi) is 4.45. The van der Waals surface area contributed by atoms with Crippen LogP contribution in [0, 0.1) is 0 Å². The fourth-order valence-electron chi connectivity index (χ4n) is 1.41. The minimum Gasteiger partial charge on any atom is -0.384 e. The summed E-state index contributed by atoms with van der Waals surface area (Å²) in [5.74, 6) is 0. The standard InChI is InChI=1S/C12H12F4OS/c1-3-11(13,12(14,15)16)10(17)8-4-6-9(18-2)7-5-8/h3-7,10,17H,1H2,2H3/t10-,11+/m0/s1. The molecule has 1 aromatic rings. The SMILES string of the molecule is C=C[C@@](F)([C@@H](O)c1ccc(SC)cc1)C(F)(F)F. The number of aliphatic hydroxyl groups is 1. The molecule has 0 unspecified atom stereocenters. The van der Waals surface area contributed by atoms with Gasteiger partial charge in [-0.25, -0.2) is 4.39 Å². The minimum absolute atomic E-state index is 0.0835. The molecule has 0 aromatic heterocycles. The van der Waals surface area contributed by atoms with Crippen LogP contribution in [0.25, 0.3) is 0 Å². The molecule has 0 radical (unpaired) electrons. The summed E-state index contributed by atoms with van der Waals surface area (Å²) in [5.41, 5.74) is -4.00. The van der Waals surface area contributed by atoms with Crippen molar-refractivity contribution in [1.29, 1.82) is 0 Å². The van der Waals surface area contributed by atoms with Crippen LogP contribution in [0.15, 0.2) is 41.8 Å². The van der Waals surface area contributed by atoms with Gasteiger partial charge in [-0.2, -0.15) is 13.2 Å². The third-order valence-electron chi connectivity index (χ3n) is 2.56. The van der Waals surface area contributed by atoms with Crippen LogP contribution >= 0.6 is 11.8 Å². The first kappa shape index (κ1) is 15.0. The summed E-state index contributed by atoms with van der Waals surface area (Å²) < 4.78 is 51.5. The first-order valence-electron chi connectivity index (χ1n) is 4.97. The van der Waals surface area contributed by atoms with Gasteiger partial charge in [0.15, 0.2) is 0 Å². The molecule has 0 saturated carbocycles. The molecular weight excluding hydrogens is 268 g/mol. The maximum Gasteiger partial charge on any atom is 0.429 e. The Bertz CT molecular complexity index is 415. The Morgan fingerprint density at radius 3 is 2.06 bits per heavy atom. The number of rotatable bonds is 4. The lowest BCUT2D eigenvalue weighted by Crippen LogP contribution is -2.44. The lowest BCUT2D eigenvalue weighted by molar-refractivity contribution is -0.241. The molecular formula is C12H12F4OS. The lowest BCUT2D eigenvalue weighted by atomic mass is 9.92. The second-order valence-electron chi connectivity index (χ2n) is 3.65. The quantitative estimate of drug-likeness (QED) is 0.513. The van der Waals surface area contributed by atoms with E-state index in [9.17, 15) is 22.7 Å². The summed E-state index contributed by atoms with van der Waals surface area (Å²) in [5, 5.41) is 9.57. The molecule has 0 aliphatic heterocycles. The van der Waals surface area contributed by atoms with Crippen molar-refractivity contribution in [3.8, 4) is 0 Å². The Balaban J connectivity index is 3.11. The van der Waals surface area contributed by atoms with Crippen molar-refractivity contribution >= 4 is 11.8 Å². The second kappa shape index (κ2) is 5.32. The Hall–Kier alpha value is -1.01. The van der Waals surface area contributed by atoms with Gasteiger partial charge in [0.2, 0.25) is 0 Å². The van der Waals surface area contributed by atoms with E-state index < -0.39 is 17.9 Å². The highest BCUT2D eigenvalue weighted by Crippen LogP contribution is 2.44. The van der Waals surface area contributed by atoms with Crippen LogP contribution in [0.2, 0.25) is 0 Å². The predicted octanol–water partition coefficient (Wildman–Crippen LogP) is 3.90. The molecule has 0 aliphatic carbocycles. The molecule has 1 N–H and O–H groups in total. The van der Waals surface area contributed by atoms with Crippen molar-refractivity contribution in [2.45, 2.75) is 22.8 Å². The molecule has 1 aromatic carbocycles. The minimum atomic E-state index is -5.22. The molecule has 0 aliphatic rings. The van der Waals surface area contributed by atoms with Crippen molar-refractivity contribution in [3.63, 3.8) is 0 Å². The molecule has 0 amide bonds. The van der Waals surface area contributed by atoms with Crippen molar-refractivity contribution < 1.29 is 22.7 Å². The molecule has 18 heavy (non-hydrogen) atoms. The molecule has 0 fully saturated rings. The Morgan fingerprint density at radius 2 is 1.72 bits per heavy atom. The number of thioether (sulfide) groups is 1. The van der Waals surface area contributed by atoms with Gasteiger partial charge in [0.05, 0.1) is 0 Å². The van der Waals surface area contributed by atoms with Gasteiger partial charge in [-0.1, -0.05) is 18.7 Å². The molecule has 0 spiro atoms. The summed E-state index contributed by atoms with van der Waals surface area (Å²) in [6.45, 7) is 2.82. The molecule has 0 heterocycles. The van der Waals surface area contributed by atoms with Crippen molar-refractivity contribution in [3.05, 3.63) is 42.5 Å². The summed E-state index contributed by atoms with van der Waals surface area (Å²) in [6.07, 6.45) is -5.66. The van der Waals surface area contributed by atoms with Gasteiger partial charge in [0, 0.05) is 4.90 Å². The number of benzene rings is 1. The lowest BCUT2D eigenvalue weighted by Gasteiger charge is -2.29. The van der Waals surface area contributed by atoms with E-state index >= 15 is 0 Å². The van der Waals surface area contributed by atoms with E-state index in [1.165, 1.54) is 36.0 Å². The van der Waals surface area contributed by atoms with E-state index in [1.54, 1.807) is 6.26 Å². The Labute approximate surface area is 107 Å². The largest absolute Gasteiger partial charge is 0.429 e. The van der Waals surface area contributed by atoms with E-state index in [0.717, 1.165) is 4.90 Å². The topological polar surface area (TPSA) is 20.2 Å². The highest BCUT2D eigenvalue weighted by Gasteiger charge is 2.59. The average Bonchev–Trinajstić information content (AvgIpc) is 2.35. The summed E-state index contributed by atoms with van der Waals surface area (Å²) in [4.78, 5) is 0.806. The number of alkyl halides is 4. The zero-order chi connectivity index (χ0) is 14.0. The monoisotopic (exact) mass is 280 g/mol. The van der Waals surface area contributed by atoms with Crippen LogP contribution in [0.3, 0.4) is 0 Å². The van der Waals surface area contributed by atoms with Crippen LogP contribution in [-0.2, 0) is 0 Å².